The number of hydrogen-bond donors (Lipinski definition) is 0. The summed E-state index contributed by atoms with van der Waals surface area (Å²) < 4.78 is 12.2. The van der Waals surface area contributed by atoms with E-state index in [0.29, 0.717) is 12.0 Å². The number of benzene rings is 1. The molecule has 0 spiro atoms. The fourth-order valence-electron chi connectivity index (χ4n) is 4.02. The topological polar surface area (TPSA) is 18.5 Å². The fraction of sp³-hybridized carbons (Fsp3) is 0.739. The predicted molar refractivity (Wildman–Crippen MR) is 106 cm³/mol. The Morgan fingerprint density at radius 2 is 1.76 bits per heavy atom. The Morgan fingerprint density at radius 3 is 2.32 bits per heavy atom. The fourth-order valence-corrected chi connectivity index (χ4v) is 4.02. The van der Waals surface area contributed by atoms with Crippen LogP contribution in [0.25, 0.3) is 0 Å². The highest BCUT2D eigenvalue weighted by Crippen LogP contribution is 2.45. The molecule has 1 fully saturated rings. The van der Waals surface area contributed by atoms with E-state index in [9.17, 15) is 0 Å². The minimum atomic E-state index is -0.125. The largest absolute Gasteiger partial charge is 0.465 e. The van der Waals surface area contributed by atoms with Gasteiger partial charge in [-0.2, -0.15) is 0 Å². The highest BCUT2D eigenvalue weighted by Gasteiger charge is 2.35. The summed E-state index contributed by atoms with van der Waals surface area (Å²) in [5.41, 5.74) is 1.79. The Bertz CT molecular complexity index is 471. The molecule has 0 saturated heterocycles. The SMILES string of the molecule is CCCCc1ccc(OC(CC2(CC)CCC(C)CC2)OCC)cc1. The second-order valence-electron chi connectivity index (χ2n) is 7.99. The van der Waals surface area contributed by atoms with Crippen molar-refractivity contribution in [3.05, 3.63) is 29.8 Å². The van der Waals surface area contributed by atoms with Gasteiger partial charge in [0.25, 0.3) is 0 Å². The van der Waals surface area contributed by atoms with Crippen LogP contribution in [0, 0.1) is 11.3 Å². The number of rotatable bonds is 10. The lowest BCUT2D eigenvalue weighted by Crippen LogP contribution is -2.34. The van der Waals surface area contributed by atoms with Crippen molar-refractivity contribution < 1.29 is 9.47 Å². The summed E-state index contributed by atoms with van der Waals surface area (Å²) in [6.07, 6.45) is 11.1. The maximum absolute atomic E-state index is 6.25. The molecule has 1 aromatic rings. The molecular formula is C23H38O2. The first-order valence-corrected chi connectivity index (χ1v) is 10.5. The molecule has 0 aromatic heterocycles. The average molecular weight is 347 g/mol. The highest BCUT2D eigenvalue weighted by molar-refractivity contribution is 5.27. The van der Waals surface area contributed by atoms with Crippen molar-refractivity contribution in [2.45, 2.75) is 91.8 Å². The summed E-state index contributed by atoms with van der Waals surface area (Å²) in [5.74, 6) is 1.82. The maximum atomic E-state index is 6.25. The van der Waals surface area contributed by atoms with Crippen LogP contribution in [-0.4, -0.2) is 12.9 Å². The molecule has 2 nitrogen and oxygen atoms in total. The second-order valence-corrected chi connectivity index (χ2v) is 7.99. The zero-order valence-electron chi connectivity index (χ0n) is 16.9. The third kappa shape index (κ3) is 6.33. The van der Waals surface area contributed by atoms with Gasteiger partial charge in [-0.25, -0.2) is 0 Å². The van der Waals surface area contributed by atoms with Crippen LogP contribution in [0.5, 0.6) is 5.75 Å². The van der Waals surface area contributed by atoms with Crippen LogP contribution < -0.4 is 4.74 Å². The van der Waals surface area contributed by atoms with Gasteiger partial charge in [0.15, 0.2) is 6.29 Å². The average Bonchev–Trinajstić information content (AvgIpc) is 2.63. The van der Waals surface area contributed by atoms with Gasteiger partial charge in [0.2, 0.25) is 0 Å². The van der Waals surface area contributed by atoms with E-state index in [-0.39, 0.29) is 6.29 Å². The molecule has 1 unspecified atom stereocenters. The van der Waals surface area contributed by atoms with Crippen molar-refractivity contribution >= 4 is 0 Å². The minimum absolute atomic E-state index is 0.125. The molecule has 0 bridgehead atoms. The van der Waals surface area contributed by atoms with E-state index in [0.717, 1.165) is 24.5 Å². The van der Waals surface area contributed by atoms with Gasteiger partial charge in [-0.3, -0.25) is 0 Å². The molecule has 1 saturated carbocycles. The summed E-state index contributed by atoms with van der Waals surface area (Å²) in [7, 11) is 0. The zero-order valence-corrected chi connectivity index (χ0v) is 16.9. The second kappa shape index (κ2) is 10.2. The van der Waals surface area contributed by atoms with Gasteiger partial charge < -0.3 is 9.47 Å². The lowest BCUT2D eigenvalue weighted by atomic mass is 9.67. The van der Waals surface area contributed by atoms with Crippen LogP contribution in [0.3, 0.4) is 0 Å². The van der Waals surface area contributed by atoms with Crippen molar-refractivity contribution in [2.24, 2.45) is 11.3 Å². The Morgan fingerprint density at radius 1 is 1.08 bits per heavy atom. The van der Waals surface area contributed by atoms with Crippen LogP contribution in [0.4, 0.5) is 0 Å². The molecule has 2 heteroatoms. The highest BCUT2D eigenvalue weighted by atomic mass is 16.7. The minimum Gasteiger partial charge on any atom is -0.465 e. The quantitative estimate of drug-likeness (QED) is 0.435. The van der Waals surface area contributed by atoms with Crippen LogP contribution in [0.1, 0.15) is 84.6 Å². The van der Waals surface area contributed by atoms with E-state index in [4.69, 9.17) is 9.47 Å². The third-order valence-electron chi connectivity index (χ3n) is 6.05. The zero-order chi connectivity index (χ0) is 18.1. The Balaban J connectivity index is 1.97. The lowest BCUT2D eigenvalue weighted by molar-refractivity contribution is -0.108. The van der Waals surface area contributed by atoms with E-state index < -0.39 is 0 Å². The van der Waals surface area contributed by atoms with E-state index >= 15 is 0 Å². The molecule has 0 amide bonds. The summed E-state index contributed by atoms with van der Waals surface area (Å²) in [4.78, 5) is 0. The molecule has 0 aliphatic heterocycles. The molecular weight excluding hydrogens is 308 g/mol. The predicted octanol–water partition coefficient (Wildman–Crippen LogP) is 6.77. The Labute approximate surface area is 155 Å². The lowest BCUT2D eigenvalue weighted by Gasteiger charge is -2.40. The Kier molecular flexibility index (Phi) is 8.29. The first kappa shape index (κ1) is 20.3. The molecule has 1 aromatic carbocycles. The van der Waals surface area contributed by atoms with Crippen molar-refractivity contribution in [3.63, 3.8) is 0 Å². The molecule has 1 aliphatic rings. The third-order valence-corrected chi connectivity index (χ3v) is 6.05. The molecule has 2 rings (SSSR count). The number of ether oxygens (including phenoxy) is 2. The molecule has 142 valence electrons. The van der Waals surface area contributed by atoms with Crippen molar-refractivity contribution in [2.75, 3.05) is 6.61 Å². The first-order valence-electron chi connectivity index (χ1n) is 10.5. The van der Waals surface area contributed by atoms with Gasteiger partial charge in [0.05, 0.1) is 0 Å². The van der Waals surface area contributed by atoms with Gasteiger partial charge >= 0.3 is 0 Å². The van der Waals surface area contributed by atoms with Crippen molar-refractivity contribution in [1.82, 2.24) is 0 Å². The smallest absolute Gasteiger partial charge is 0.200 e. The van der Waals surface area contributed by atoms with Crippen LogP contribution in [0.2, 0.25) is 0 Å². The summed E-state index contributed by atoms with van der Waals surface area (Å²) in [5, 5.41) is 0. The van der Waals surface area contributed by atoms with Gasteiger partial charge in [0, 0.05) is 13.0 Å². The summed E-state index contributed by atoms with van der Waals surface area (Å²) >= 11 is 0. The molecule has 1 aliphatic carbocycles. The molecule has 0 N–H and O–H groups in total. The van der Waals surface area contributed by atoms with Crippen molar-refractivity contribution in [1.29, 1.82) is 0 Å². The van der Waals surface area contributed by atoms with Crippen molar-refractivity contribution in [3.8, 4) is 5.75 Å². The van der Waals surface area contributed by atoms with E-state index in [1.165, 1.54) is 50.5 Å². The normalized spacial score (nSPS) is 24.9. The van der Waals surface area contributed by atoms with Gasteiger partial charge in [-0.05, 0) is 61.6 Å². The van der Waals surface area contributed by atoms with E-state index in [1.54, 1.807) is 0 Å². The van der Waals surface area contributed by atoms with Gasteiger partial charge in [-0.15, -0.1) is 0 Å². The molecule has 0 radical (unpaired) electrons. The monoisotopic (exact) mass is 346 g/mol. The molecule has 0 heterocycles. The van der Waals surface area contributed by atoms with E-state index in [2.05, 4.69) is 52.0 Å². The first-order chi connectivity index (χ1) is 12.1. The van der Waals surface area contributed by atoms with Gasteiger partial charge in [-0.1, -0.05) is 58.6 Å². The maximum Gasteiger partial charge on any atom is 0.200 e. The number of aryl methyl sites for hydroxylation is 1. The van der Waals surface area contributed by atoms with Crippen LogP contribution >= 0.6 is 0 Å². The molecule has 1 atom stereocenters. The van der Waals surface area contributed by atoms with Crippen LogP contribution in [-0.2, 0) is 11.2 Å². The standard InChI is InChI=1S/C23H38O2/c1-5-8-9-20-10-12-21(13-11-20)25-22(24-7-3)18-23(6-2)16-14-19(4)15-17-23/h10-13,19,22H,5-9,14-18H2,1-4H3. The summed E-state index contributed by atoms with van der Waals surface area (Å²) in [6, 6.07) is 8.62. The van der Waals surface area contributed by atoms with E-state index in [1.807, 2.05) is 0 Å². The molecule has 25 heavy (non-hydrogen) atoms. The summed E-state index contributed by atoms with van der Waals surface area (Å²) in [6.45, 7) is 9.72. The van der Waals surface area contributed by atoms with Crippen LogP contribution in [0.15, 0.2) is 24.3 Å². The number of hydrogen-bond acceptors (Lipinski definition) is 2. The number of unbranched alkanes of at least 4 members (excludes halogenated alkanes) is 1. The van der Waals surface area contributed by atoms with Gasteiger partial charge in [0.1, 0.15) is 5.75 Å². The Hall–Kier alpha value is -1.02.